The van der Waals surface area contributed by atoms with Gasteiger partial charge in [0.05, 0.1) is 6.42 Å². The molecule has 3 unspecified atom stereocenters. The largest absolute Gasteiger partial charge is 0.481 e. The normalized spacial score (nSPS) is 13.6. The number of carbonyl (C=O) groups excluding carboxylic acids is 10. The Kier molecular flexibility index (Phi) is 42.6. The molecule has 3 amide bonds. The van der Waals surface area contributed by atoms with Crippen molar-refractivity contribution in [1.29, 1.82) is 0 Å². The van der Waals surface area contributed by atoms with Gasteiger partial charge in [-0.05, 0) is 91.3 Å². The van der Waals surface area contributed by atoms with Gasteiger partial charge in [-0.3, -0.25) is 48.1 Å². The number of unbranched alkanes of at least 4 members (excludes halogenated alkanes) is 1. The summed E-state index contributed by atoms with van der Waals surface area (Å²) in [4.78, 5) is 123. The van der Waals surface area contributed by atoms with E-state index in [1.165, 1.54) is 11.8 Å². The fourth-order valence-corrected chi connectivity index (χ4v) is 6.43. The number of hydrogen-bond acceptors (Lipinski definition) is 13. The average Bonchev–Trinajstić information content (AvgIpc) is 3.54. The minimum atomic E-state index is -0.943. The number of aliphatic carboxylic acids is 1. The first kappa shape index (κ1) is 76.3. The average molecular weight is 1060 g/mol. The fraction of sp³-hybridized carbons (Fsp3) is 0.712. The molecule has 16 nitrogen and oxygen atoms in total. The number of imide groups is 1. The first-order valence-corrected chi connectivity index (χ1v) is 26.8. The lowest BCUT2D eigenvalue weighted by Crippen LogP contribution is -2.36. The Morgan fingerprint density at radius 1 is 0.747 bits per heavy atom. The van der Waals surface area contributed by atoms with Gasteiger partial charge in [-0.25, -0.2) is 0 Å². The highest BCUT2D eigenvalue weighted by molar-refractivity contribution is 6.03. The van der Waals surface area contributed by atoms with E-state index in [-0.39, 0.29) is 113 Å². The summed E-state index contributed by atoms with van der Waals surface area (Å²) in [6, 6.07) is 7.59. The quantitative estimate of drug-likeness (QED) is 0.0468. The third-order valence-corrected chi connectivity index (χ3v) is 11.1. The predicted octanol–water partition coefficient (Wildman–Crippen LogP) is 10.2. The molecule has 1 aliphatic rings. The number of carboxylic acid groups (broad SMARTS) is 1. The zero-order valence-electron chi connectivity index (χ0n) is 49.7. The van der Waals surface area contributed by atoms with Crippen LogP contribution in [0.25, 0.3) is 0 Å². The van der Waals surface area contributed by atoms with Gasteiger partial charge in [0.25, 0.3) is 0 Å². The lowest BCUT2D eigenvalue weighted by molar-refractivity contribution is -0.145. The zero-order chi connectivity index (χ0) is 59.3. The van der Waals surface area contributed by atoms with Gasteiger partial charge in [0.15, 0.2) is 0 Å². The summed E-state index contributed by atoms with van der Waals surface area (Å²) >= 11 is 0. The molecule has 0 saturated carbocycles. The molecule has 75 heavy (non-hydrogen) atoms. The molecule has 4 N–H and O–H groups in total. The first-order valence-electron chi connectivity index (χ1n) is 26.8. The van der Waals surface area contributed by atoms with Crippen molar-refractivity contribution >= 4 is 64.4 Å². The molecule has 1 aliphatic heterocycles. The molecule has 0 radical (unpaired) electrons. The topological polar surface area (TPSA) is 259 Å². The molecule has 1 saturated heterocycles. The highest BCUT2D eigenvalue weighted by Crippen LogP contribution is 2.26. The van der Waals surface area contributed by atoms with E-state index in [0.29, 0.717) is 56.8 Å². The van der Waals surface area contributed by atoms with E-state index >= 15 is 0 Å². The van der Waals surface area contributed by atoms with E-state index in [1.54, 1.807) is 27.7 Å². The van der Waals surface area contributed by atoms with Crippen LogP contribution in [-0.4, -0.2) is 93.0 Å². The number of benzene rings is 1. The summed E-state index contributed by atoms with van der Waals surface area (Å²) in [5.41, 5.74) is 6.93. The van der Waals surface area contributed by atoms with Gasteiger partial charge in [0, 0.05) is 92.0 Å². The summed E-state index contributed by atoms with van der Waals surface area (Å²) < 4.78 is 5.15. The van der Waals surface area contributed by atoms with Gasteiger partial charge < -0.3 is 30.5 Å². The lowest BCUT2D eigenvalue weighted by atomic mass is 9.79. The van der Waals surface area contributed by atoms with Crippen LogP contribution in [0.5, 0.6) is 0 Å². The number of Topliss-reactive ketones (excluding diaryl/α,β-unsaturated/α-hetero) is 6. The van der Waals surface area contributed by atoms with Gasteiger partial charge in [0.1, 0.15) is 41.3 Å². The number of nitrogens with one attached hydrogen (secondary N) is 1. The van der Waals surface area contributed by atoms with Gasteiger partial charge in [-0.2, -0.15) is 0 Å². The van der Waals surface area contributed by atoms with E-state index < -0.39 is 11.9 Å². The van der Waals surface area contributed by atoms with Gasteiger partial charge in [0.2, 0.25) is 17.7 Å². The van der Waals surface area contributed by atoms with E-state index in [0.717, 1.165) is 36.8 Å². The third kappa shape index (κ3) is 42.6. The smallest absolute Gasteiger partial charge is 0.306 e. The molecule has 1 fully saturated rings. The number of ketones is 6. The van der Waals surface area contributed by atoms with Crippen molar-refractivity contribution in [2.45, 2.75) is 227 Å². The van der Waals surface area contributed by atoms with Crippen LogP contribution in [0.4, 0.5) is 0 Å². The highest BCUT2D eigenvalue weighted by atomic mass is 16.5. The van der Waals surface area contributed by atoms with Crippen molar-refractivity contribution in [2.24, 2.45) is 46.7 Å². The standard InChI is InChI=1S/C18H24O4.C13H25NO2.C8H15NO3.C8H13NO2.C7H14O.C5H10O/c1-13(2)17(20)11-15-7-9-16(10-8-15)12-22-18(21)6-4-5-14(3)19;1-10(15)9-11(7-5-6-8-14)12(16)13(2,3)4;1-5(2)9-8(12)6(3)4-7(10)11;1-5(2)9-7(10)4-6(3)8(9)11;1-4-7(8)5-6(2)3;1-4(2)5(3)6/h7-10,13H,4-6,11-12H2,1-3H3;11H,5-9,14H2,1-4H3;5-6H,4H2,1-3H3,(H,9,12)(H,10,11);5-6H,4H2,1-3H3;6H,4-5H2,1-3H3;4H,1-3H3. The van der Waals surface area contributed by atoms with Crippen LogP contribution in [0.1, 0.15) is 213 Å². The van der Waals surface area contributed by atoms with Crippen LogP contribution >= 0.6 is 0 Å². The molecule has 3 atom stereocenters. The second-order valence-corrected chi connectivity index (χ2v) is 22.1. The van der Waals surface area contributed by atoms with Crippen molar-refractivity contribution in [3.63, 3.8) is 0 Å². The van der Waals surface area contributed by atoms with Crippen molar-refractivity contribution < 1.29 is 62.6 Å². The third-order valence-electron chi connectivity index (χ3n) is 11.1. The molecule has 0 aliphatic carbocycles. The zero-order valence-corrected chi connectivity index (χ0v) is 49.7. The number of amides is 3. The molecule has 16 heteroatoms. The maximum Gasteiger partial charge on any atom is 0.306 e. The Morgan fingerprint density at radius 3 is 1.60 bits per heavy atom. The minimum absolute atomic E-state index is 0.0138. The maximum atomic E-state index is 12.1. The summed E-state index contributed by atoms with van der Waals surface area (Å²) in [6.45, 7) is 35.6. The maximum absolute atomic E-state index is 12.1. The molecule has 1 aromatic rings. The van der Waals surface area contributed by atoms with Gasteiger partial charge >= 0.3 is 11.9 Å². The Labute approximate surface area is 451 Å². The van der Waals surface area contributed by atoms with E-state index in [2.05, 4.69) is 19.2 Å². The number of hydrogen-bond donors (Lipinski definition) is 3. The first-order chi connectivity index (χ1) is 34.4. The predicted molar refractivity (Wildman–Crippen MR) is 296 cm³/mol. The van der Waals surface area contributed by atoms with Crippen LogP contribution in [-0.2, 0) is 70.5 Å². The van der Waals surface area contributed by atoms with E-state index in [1.807, 2.05) is 107 Å². The summed E-state index contributed by atoms with van der Waals surface area (Å²) in [7, 11) is 0. The lowest BCUT2D eigenvalue weighted by Gasteiger charge is -2.24. The number of nitrogens with zero attached hydrogens (tertiary/aromatic N) is 1. The SMILES string of the molecule is CC(=O)C(C)C.CC(=O)CC(CCCCN)C(=O)C(C)(C)C.CC(=O)CCCC(=O)OCc1ccc(CC(=O)C(C)C)cc1.CC(C)NC(=O)C(C)CC(=O)O.CC1CC(=O)N(C(C)C)C1=O.CCC(=O)CC(C)C. The van der Waals surface area contributed by atoms with Crippen LogP contribution in [0.3, 0.4) is 0 Å². The molecule has 0 aromatic heterocycles. The Balaban J connectivity index is -0.000000423. The fourth-order valence-electron chi connectivity index (χ4n) is 6.43. The van der Waals surface area contributed by atoms with Crippen molar-refractivity contribution in [3.8, 4) is 0 Å². The molecular weight excluding hydrogens is 959 g/mol. The van der Waals surface area contributed by atoms with E-state index in [9.17, 15) is 52.7 Å². The summed E-state index contributed by atoms with van der Waals surface area (Å²) in [5, 5.41) is 11.0. The number of likely N-dealkylation sites (tertiary alicyclic amines) is 1. The Bertz CT molecular complexity index is 1910. The molecule has 1 heterocycles. The van der Waals surface area contributed by atoms with Gasteiger partial charge in [-0.15, -0.1) is 0 Å². The van der Waals surface area contributed by atoms with Crippen LogP contribution in [0, 0.1) is 40.9 Å². The van der Waals surface area contributed by atoms with Crippen LogP contribution in [0.15, 0.2) is 24.3 Å². The van der Waals surface area contributed by atoms with Crippen LogP contribution < -0.4 is 11.1 Å². The molecule has 2 rings (SSSR count). The Morgan fingerprint density at radius 2 is 1.27 bits per heavy atom. The second kappa shape index (κ2) is 41.9. The number of carbonyl (C=O) groups is 11. The summed E-state index contributed by atoms with van der Waals surface area (Å²) in [5.74, 6) is -0.174. The van der Waals surface area contributed by atoms with Gasteiger partial charge in [-0.1, -0.05) is 114 Å². The monoisotopic (exact) mass is 1060 g/mol. The number of ether oxygens (including phenoxy) is 1. The Hall–Kier alpha value is -5.25. The summed E-state index contributed by atoms with van der Waals surface area (Å²) in [6.07, 6.45) is 6.36. The van der Waals surface area contributed by atoms with E-state index in [4.69, 9.17) is 15.6 Å². The molecule has 1 aromatic carbocycles. The molecule has 0 spiro atoms. The van der Waals surface area contributed by atoms with Crippen molar-refractivity contribution in [2.75, 3.05) is 6.54 Å². The number of carboxylic acids is 1. The second-order valence-electron chi connectivity index (χ2n) is 22.1. The molecular formula is C59H101N3O13. The molecule has 0 bridgehead atoms. The highest BCUT2D eigenvalue weighted by Gasteiger charge is 2.37. The molecule has 430 valence electrons. The van der Waals surface area contributed by atoms with Crippen LogP contribution in [0.2, 0.25) is 0 Å². The van der Waals surface area contributed by atoms with Crippen molar-refractivity contribution in [1.82, 2.24) is 10.2 Å². The number of nitrogens with two attached hydrogens (primary N) is 1. The number of rotatable bonds is 25. The minimum Gasteiger partial charge on any atom is -0.481 e. The van der Waals surface area contributed by atoms with Crippen molar-refractivity contribution in [3.05, 3.63) is 35.4 Å². The number of esters is 1.